The summed E-state index contributed by atoms with van der Waals surface area (Å²) in [5.74, 6) is -3.52. The van der Waals surface area contributed by atoms with Gasteiger partial charge in [0.25, 0.3) is 5.91 Å². The minimum Gasteiger partial charge on any atom is -0.495 e. The molecule has 2 amide bonds. The van der Waals surface area contributed by atoms with Crippen LogP contribution in [0.15, 0.2) is 42.7 Å². The molecule has 3 atom stereocenters. The average Bonchev–Trinajstić information content (AvgIpc) is 3.32. The molecule has 0 spiro atoms. The third kappa shape index (κ3) is 6.93. The number of carbonyl (C=O) groups excluding carboxylic acids is 2. The number of β-amino-alcohol motifs (C(OH)–C–C–N with tert-alkyl or cyclic N) is 1. The number of methoxy groups -OCH3 is 1. The number of aliphatic hydroxyl groups is 1. The second kappa shape index (κ2) is 12.0. The van der Waals surface area contributed by atoms with Crippen LogP contribution in [0.2, 0.25) is 0 Å². The maximum atomic E-state index is 14.3. The van der Waals surface area contributed by atoms with Crippen LogP contribution in [-0.2, 0) is 15.0 Å². The van der Waals surface area contributed by atoms with Crippen molar-refractivity contribution in [2.24, 2.45) is 0 Å². The van der Waals surface area contributed by atoms with Gasteiger partial charge in [-0.1, -0.05) is 32.9 Å². The van der Waals surface area contributed by atoms with Gasteiger partial charge in [0, 0.05) is 42.8 Å². The molecule has 2 N–H and O–H groups in total. The number of hydrogen-bond donors (Lipinski definition) is 2. The Hall–Kier alpha value is -3.78. The number of likely N-dealkylation sites (tertiary alicyclic amines) is 1. The fraction of sp³-hybridized carbons (Fsp3) is 0.533. The van der Waals surface area contributed by atoms with Crippen molar-refractivity contribution in [1.29, 1.82) is 5.26 Å². The van der Waals surface area contributed by atoms with Crippen LogP contribution < -0.4 is 15.0 Å². The number of benzene rings is 1. The number of nitrogens with zero attached hydrogens (tertiary/aromatic N) is 4. The van der Waals surface area contributed by atoms with E-state index in [9.17, 15) is 28.7 Å². The van der Waals surface area contributed by atoms with E-state index < -0.39 is 42.0 Å². The minimum atomic E-state index is -2.77. The molecule has 2 aliphatic rings. The number of rotatable bonds is 7. The first-order valence-corrected chi connectivity index (χ1v) is 13.8. The summed E-state index contributed by atoms with van der Waals surface area (Å²) in [6.07, 6.45) is 3.58. The maximum Gasteiger partial charge on any atom is 0.251 e. The lowest BCUT2D eigenvalue weighted by molar-refractivity contribution is -0.129. The first-order chi connectivity index (χ1) is 19.3. The van der Waals surface area contributed by atoms with Crippen molar-refractivity contribution < 1.29 is 28.2 Å². The fourth-order valence-electron chi connectivity index (χ4n) is 5.42. The van der Waals surface area contributed by atoms with E-state index in [1.165, 1.54) is 29.3 Å². The van der Waals surface area contributed by atoms with E-state index in [1.807, 2.05) is 18.3 Å². The van der Waals surface area contributed by atoms with Crippen molar-refractivity contribution in [3.05, 3.63) is 53.9 Å². The lowest BCUT2D eigenvalue weighted by atomic mass is 9.87. The molecule has 220 valence electrons. The molecule has 4 rings (SSSR count). The summed E-state index contributed by atoms with van der Waals surface area (Å²) in [5.41, 5.74) is 1.59. The summed E-state index contributed by atoms with van der Waals surface area (Å²) < 4.78 is 33.0. The van der Waals surface area contributed by atoms with Gasteiger partial charge in [0.15, 0.2) is 6.19 Å². The molecule has 1 aliphatic heterocycles. The number of halogens is 2. The molecule has 41 heavy (non-hydrogen) atoms. The predicted molar refractivity (Wildman–Crippen MR) is 148 cm³/mol. The summed E-state index contributed by atoms with van der Waals surface area (Å²) in [6, 6.07) is 6.09. The van der Waals surface area contributed by atoms with Crippen molar-refractivity contribution >= 4 is 17.5 Å². The predicted octanol–water partition coefficient (Wildman–Crippen LogP) is 4.07. The molecule has 3 unspecified atom stereocenters. The molecule has 2 heterocycles. The summed E-state index contributed by atoms with van der Waals surface area (Å²) in [7, 11) is 1.46. The Morgan fingerprint density at radius 3 is 2.46 bits per heavy atom. The van der Waals surface area contributed by atoms with Crippen LogP contribution in [0, 0.1) is 11.5 Å². The lowest BCUT2D eigenvalue weighted by Gasteiger charge is -2.36. The quantitative estimate of drug-likeness (QED) is 0.483. The second-order valence-electron chi connectivity index (χ2n) is 11.9. The Morgan fingerprint density at radius 1 is 1.22 bits per heavy atom. The number of pyridine rings is 1. The van der Waals surface area contributed by atoms with Gasteiger partial charge in [-0.2, -0.15) is 5.26 Å². The zero-order valence-corrected chi connectivity index (χ0v) is 23.8. The Labute approximate surface area is 239 Å². The van der Waals surface area contributed by atoms with Gasteiger partial charge in [-0.25, -0.2) is 8.78 Å². The van der Waals surface area contributed by atoms with Crippen LogP contribution in [-0.4, -0.2) is 64.6 Å². The van der Waals surface area contributed by atoms with E-state index in [0.29, 0.717) is 17.0 Å². The number of aromatic nitrogens is 1. The molecule has 1 aliphatic carbocycles. The van der Waals surface area contributed by atoms with Crippen LogP contribution in [0.5, 0.6) is 5.75 Å². The monoisotopic (exact) mass is 569 g/mol. The molecule has 2 aromatic rings. The third-order valence-corrected chi connectivity index (χ3v) is 7.80. The van der Waals surface area contributed by atoms with E-state index in [2.05, 4.69) is 31.1 Å². The van der Waals surface area contributed by atoms with Gasteiger partial charge in [-0.15, -0.1) is 0 Å². The van der Waals surface area contributed by atoms with Crippen LogP contribution in [0.3, 0.4) is 0 Å². The molecule has 9 nitrogen and oxygen atoms in total. The van der Waals surface area contributed by atoms with Gasteiger partial charge >= 0.3 is 0 Å². The number of carbonyl (C=O) groups is 2. The Balaban J connectivity index is 1.80. The SMILES string of the molecule is COc1cncc(C(C(=O)NC2CCC(F)(F)CC2)N(C(=O)C2CC(O)CN2C#N)c2ccc(C(C)(C)C)cc2)c1. The lowest BCUT2D eigenvalue weighted by Crippen LogP contribution is -2.52. The molecule has 2 fully saturated rings. The fourth-order valence-corrected chi connectivity index (χ4v) is 5.42. The van der Waals surface area contributed by atoms with Gasteiger partial charge < -0.3 is 15.2 Å². The first-order valence-electron chi connectivity index (χ1n) is 13.8. The third-order valence-electron chi connectivity index (χ3n) is 7.80. The van der Waals surface area contributed by atoms with Gasteiger partial charge in [0.05, 0.1) is 26.0 Å². The summed E-state index contributed by atoms with van der Waals surface area (Å²) in [6.45, 7) is 6.17. The molecular weight excluding hydrogens is 532 g/mol. The van der Waals surface area contributed by atoms with Crippen LogP contribution in [0.1, 0.15) is 70.0 Å². The highest BCUT2D eigenvalue weighted by Crippen LogP contribution is 2.36. The highest BCUT2D eigenvalue weighted by Gasteiger charge is 2.44. The number of aliphatic hydroxyl groups excluding tert-OH is 1. The topological polar surface area (TPSA) is 119 Å². The first kappa shape index (κ1) is 30.2. The standard InChI is InChI=1S/C30H37F2N5O4/c1-29(2,3)20-5-7-22(8-6-20)37(28(40)25-14-23(38)17-36(25)18-33)26(19-13-24(41-4)16-34-15-19)27(39)35-21-9-11-30(31,32)12-10-21/h5-8,13,15-16,21,23,25-26,38H,9-12,14,17H2,1-4H3,(H,35,39). The van der Waals surface area contributed by atoms with E-state index in [0.717, 1.165) is 5.56 Å². The van der Waals surface area contributed by atoms with Crippen molar-refractivity contribution in [3.8, 4) is 11.9 Å². The van der Waals surface area contributed by atoms with Gasteiger partial charge in [-0.3, -0.25) is 24.4 Å². The normalized spacial score (nSPS) is 21.6. The zero-order chi connectivity index (χ0) is 29.9. The Morgan fingerprint density at radius 2 is 1.88 bits per heavy atom. The molecule has 1 aromatic heterocycles. The van der Waals surface area contributed by atoms with Gasteiger partial charge in [0.1, 0.15) is 17.8 Å². The number of alkyl halides is 2. The molecular formula is C30H37F2N5O4. The minimum absolute atomic E-state index is 0.00241. The van der Waals surface area contributed by atoms with Crippen molar-refractivity contribution in [1.82, 2.24) is 15.2 Å². The summed E-state index contributed by atoms with van der Waals surface area (Å²) >= 11 is 0. The number of ether oxygens (including phenoxy) is 1. The Kier molecular flexibility index (Phi) is 8.83. The Bertz CT molecular complexity index is 1280. The van der Waals surface area contributed by atoms with Crippen LogP contribution in [0.4, 0.5) is 14.5 Å². The van der Waals surface area contributed by atoms with Gasteiger partial charge in [-0.05, 0) is 42.0 Å². The maximum absolute atomic E-state index is 14.3. The highest BCUT2D eigenvalue weighted by atomic mass is 19.3. The number of hydrogen-bond acceptors (Lipinski definition) is 7. The van der Waals surface area contributed by atoms with Crippen molar-refractivity contribution in [3.63, 3.8) is 0 Å². The summed E-state index contributed by atoms with van der Waals surface area (Å²) in [5, 5.41) is 22.9. The molecule has 1 aromatic carbocycles. The molecule has 0 radical (unpaired) electrons. The molecule has 1 saturated heterocycles. The van der Waals surface area contributed by atoms with Crippen LogP contribution >= 0.6 is 0 Å². The largest absolute Gasteiger partial charge is 0.495 e. The number of nitriles is 1. The number of nitrogens with one attached hydrogen (secondary N) is 1. The molecule has 1 saturated carbocycles. The molecule has 11 heteroatoms. The van der Waals surface area contributed by atoms with Crippen molar-refractivity contribution in [2.45, 2.75) is 88.4 Å². The average molecular weight is 570 g/mol. The van der Waals surface area contributed by atoms with E-state index in [1.54, 1.807) is 18.2 Å². The van der Waals surface area contributed by atoms with E-state index >= 15 is 0 Å². The highest BCUT2D eigenvalue weighted by molar-refractivity contribution is 6.04. The molecule has 0 bridgehead atoms. The summed E-state index contributed by atoms with van der Waals surface area (Å²) in [4.78, 5) is 35.1. The smallest absolute Gasteiger partial charge is 0.251 e. The number of amides is 2. The second-order valence-corrected chi connectivity index (χ2v) is 11.9. The zero-order valence-electron chi connectivity index (χ0n) is 23.8. The van der Waals surface area contributed by atoms with E-state index in [4.69, 9.17) is 4.74 Å². The number of anilines is 1. The van der Waals surface area contributed by atoms with Gasteiger partial charge in [0.2, 0.25) is 11.8 Å². The van der Waals surface area contributed by atoms with Crippen molar-refractivity contribution in [2.75, 3.05) is 18.6 Å². The van der Waals surface area contributed by atoms with E-state index in [-0.39, 0.29) is 44.1 Å². The van der Waals surface area contributed by atoms with Crippen LogP contribution in [0.25, 0.3) is 0 Å².